The maximum absolute atomic E-state index is 9.10. The van der Waals surface area contributed by atoms with Crippen LogP contribution < -0.4 is 5.46 Å². The fourth-order valence-corrected chi connectivity index (χ4v) is 1.12. The van der Waals surface area contributed by atoms with Crippen LogP contribution in [0.25, 0.3) is 11.1 Å². The second-order valence-electron chi connectivity index (χ2n) is 5.87. The zero-order valence-electron chi connectivity index (χ0n) is 13.8. The van der Waals surface area contributed by atoms with Crippen molar-refractivity contribution >= 4 is 13.3 Å². The standard InChI is InChI=1S/C10H7BN2.C6H14O2.2H2O/c11-10-3-1-8(2-4-10)9-5-12-7-13-6-9;1-5(2,7)6(3,4)8;;/h1-7H;7-8H,1-4H3;2*1H2/q+2;;;/p-2. The molecule has 0 bridgehead atoms. The predicted octanol–water partition coefficient (Wildman–Crippen LogP) is 1.11. The summed E-state index contributed by atoms with van der Waals surface area (Å²) in [5.74, 6) is 0. The first kappa shape index (κ1) is 23.5. The maximum atomic E-state index is 9.10. The number of benzene rings is 1. The van der Waals surface area contributed by atoms with E-state index in [9.17, 15) is 0 Å². The molecule has 0 saturated heterocycles. The van der Waals surface area contributed by atoms with Gasteiger partial charge in [0.15, 0.2) is 0 Å². The van der Waals surface area contributed by atoms with Gasteiger partial charge < -0.3 is 21.2 Å². The number of rotatable bonds is 2. The second kappa shape index (κ2) is 9.37. The Morgan fingerprint density at radius 1 is 0.783 bits per heavy atom. The maximum Gasteiger partial charge on any atom is -0.870 e. The Morgan fingerprint density at radius 2 is 1.17 bits per heavy atom. The second-order valence-corrected chi connectivity index (χ2v) is 5.87. The molecule has 6 nitrogen and oxygen atoms in total. The number of hydrogen-bond acceptors (Lipinski definition) is 6. The first-order valence-corrected chi connectivity index (χ1v) is 6.67. The van der Waals surface area contributed by atoms with Gasteiger partial charge in [0.05, 0.1) is 11.2 Å². The first-order chi connectivity index (χ1) is 9.61. The Morgan fingerprint density at radius 3 is 1.52 bits per heavy atom. The molecule has 4 N–H and O–H groups in total. The summed E-state index contributed by atoms with van der Waals surface area (Å²) in [6.07, 6.45) is 5.07. The summed E-state index contributed by atoms with van der Waals surface area (Å²) in [6.45, 7) is 6.31. The molecule has 0 aliphatic rings. The minimum atomic E-state index is -1.01. The third-order valence-corrected chi connectivity index (χ3v) is 3.30. The van der Waals surface area contributed by atoms with Crippen LogP contribution in [0.15, 0.2) is 43.0 Å². The fraction of sp³-hybridized carbons (Fsp3) is 0.375. The molecule has 0 radical (unpaired) electrons. The van der Waals surface area contributed by atoms with Gasteiger partial charge in [-0.3, -0.25) is 0 Å². The quantitative estimate of drug-likeness (QED) is 0.799. The molecule has 1 aromatic carbocycles. The van der Waals surface area contributed by atoms with E-state index in [1.165, 1.54) is 6.33 Å². The van der Waals surface area contributed by atoms with E-state index in [-0.39, 0.29) is 11.0 Å². The Balaban J connectivity index is 0. The van der Waals surface area contributed by atoms with Crippen molar-refractivity contribution in [3.05, 3.63) is 43.0 Å². The normalized spacial score (nSPS) is 10.6. The molecule has 7 heteroatoms. The largest absolute Gasteiger partial charge is 0.870 e. The van der Waals surface area contributed by atoms with Gasteiger partial charge in [0, 0.05) is 0 Å². The molecule has 0 fully saturated rings. The molecular weight excluding hydrogens is 295 g/mol. The van der Waals surface area contributed by atoms with E-state index in [0.29, 0.717) is 0 Å². The third-order valence-electron chi connectivity index (χ3n) is 3.30. The molecule has 0 aliphatic carbocycles. The van der Waals surface area contributed by atoms with Gasteiger partial charge in [-0.1, -0.05) is 0 Å². The third kappa shape index (κ3) is 7.85. The summed E-state index contributed by atoms with van der Waals surface area (Å²) in [6, 6.07) is 7.63. The van der Waals surface area contributed by atoms with Crippen LogP contribution in [0.5, 0.6) is 0 Å². The van der Waals surface area contributed by atoms with Crippen molar-refractivity contribution in [3.8, 4) is 11.1 Å². The van der Waals surface area contributed by atoms with Crippen molar-refractivity contribution < 1.29 is 21.2 Å². The average Bonchev–Trinajstić information content (AvgIpc) is 2.39. The van der Waals surface area contributed by atoms with E-state index in [2.05, 4.69) is 9.97 Å². The van der Waals surface area contributed by atoms with Crippen molar-refractivity contribution in [1.82, 2.24) is 9.97 Å². The Kier molecular flexibility index (Phi) is 9.56. The summed E-state index contributed by atoms with van der Waals surface area (Å²) in [5, 5.41) is 18.2. The van der Waals surface area contributed by atoms with Crippen LogP contribution in [0.2, 0.25) is 0 Å². The van der Waals surface area contributed by atoms with Crippen LogP contribution in [0.1, 0.15) is 27.7 Å². The number of hydrogen-bond donors (Lipinski definition) is 2. The monoisotopic (exact) mass is 318 g/mol. The minimum absolute atomic E-state index is 0. The predicted molar refractivity (Wildman–Crippen MR) is 89.3 cm³/mol. The van der Waals surface area contributed by atoms with Crippen molar-refractivity contribution in [2.24, 2.45) is 0 Å². The summed E-state index contributed by atoms with van der Waals surface area (Å²) < 4.78 is 0. The summed E-state index contributed by atoms with van der Waals surface area (Å²) >= 11 is 0. The van der Waals surface area contributed by atoms with Gasteiger partial charge in [-0.2, -0.15) is 0 Å². The smallest absolute Gasteiger partial charge is 0.870 e. The van der Waals surface area contributed by atoms with Gasteiger partial charge in [0.1, 0.15) is 0 Å². The van der Waals surface area contributed by atoms with E-state index < -0.39 is 11.2 Å². The van der Waals surface area contributed by atoms with Crippen molar-refractivity contribution in [3.63, 3.8) is 0 Å². The van der Waals surface area contributed by atoms with Gasteiger partial charge in [-0.05, 0) is 27.7 Å². The molecule has 0 spiro atoms. The Labute approximate surface area is 138 Å². The van der Waals surface area contributed by atoms with Crippen LogP contribution in [0, 0.1) is 0 Å². The molecule has 2 aromatic rings. The van der Waals surface area contributed by atoms with Gasteiger partial charge >= 0.3 is 77.4 Å². The first-order valence-electron chi connectivity index (χ1n) is 6.67. The van der Waals surface area contributed by atoms with Crippen molar-refractivity contribution in [1.29, 1.82) is 0 Å². The van der Waals surface area contributed by atoms with E-state index in [4.69, 9.17) is 18.1 Å². The van der Waals surface area contributed by atoms with Crippen LogP contribution in [0.4, 0.5) is 0 Å². The number of nitrogens with zero attached hydrogens (tertiary/aromatic N) is 2. The molecule has 0 amide bonds. The van der Waals surface area contributed by atoms with E-state index in [0.717, 1.165) is 16.6 Å². The van der Waals surface area contributed by atoms with Gasteiger partial charge in [-0.15, -0.1) is 0 Å². The van der Waals surface area contributed by atoms with Crippen molar-refractivity contribution in [2.45, 2.75) is 38.9 Å². The molecule has 124 valence electrons. The Hall–Kier alpha value is -1.80. The molecular formula is C16H23BN2O4. The fourth-order valence-electron chi connectivity index (χ4n) is 1.12. The minimum Gasteiger partial charge on any atom is -0.870 e. The van der Waals surface area contributed by atoms with Gasteiger partial charge in [0.2, 0.25) is 0 Å². The average molecular weight is 318 g/mol. The van der Waals surface area contributed by atoms with E-state index in [1.807, 2.05) is 24.3 Å². The van der Waals surface area contributed by atoms with Crippen LogP contribution in [-0.4, -0.2) is 50.2 Å². The molecule has 0 saturated carbocycles. The summed E-state index contributed by atoms with van der Waals surface area (Å²) in [5.41, 5.74) is 0.831. The molecule has 1 heterocycles. The van der Waals surface area contributed by atoms with Gasteiger partial charge in [0.25, 0.3) is 0 Å². The number of aliphatic hydroxyl groups is 2. The molecule has 0 aliphatic heterocycles. The van der Waals surface area contributed by atoms with Crippen LogP contribution in [0.3, 0.4) is 0 Å². The molecule has 0 atom stereocenters. The SMILES string of the molecule is CC(C)(O)C(C)(C)O.[B+2]c1ccc(-c2cncnc2)cc1.[OH-].[OH-]. The zero-order chi connectivity index (χ0) is 16.1. The molecule has 0 unspecified atom stereocenters. The van der Waals surface area contributed by atoms with E-state index in [1.54, 1.807) is 40.1 Å². The zero-order valence-corrected chi connectivity index (χ0v) is 13.8. The van der Waals surface area contributed by atoms with E-state index >= 15 is 0 Å². The van der Waals surface area contributed by atoms with Gasteiger partial charge in [-0.25, -0.2) is 0 Å². The summed E-state index contributed by atoms with van der Waals surface area (Å²) in [4.78, 5) is 7.88. The Bertz CT molecular complexity index is 537. The topological polar surface area (TPSA) is 126 Å². The molecule has 1 aromatic heterocycles. The van der Waals surface area contributed by atoms with Crippen molar-refractivity contribution in [2.75, 3.05) is 0 Å². The molecule has 2 rings (SSSR count). The van der Waals surface area contributed by atoms with Crippen LogP contribution >= 0.6 is 0 Å². The number of aromatic nitrogens is 2. The summed E-state index contributed by atoms with van der Waals surface area (Å²) in [7, 11) is 5.57. The van der Waals surface area contributed by atoms with Crippen LogP contribution in [-0.2, 0) is 0 Å². The molecule has 23 heavy (non-hydrogen) atoms.